The Morgan fingerprint density at radius 3 is 2.78 bits per heavy atom. The SMILES string of the molecule is N#C[C@@H]1CN(C(=O)Nc2nc(C3CCOCC3)cs2)C[C@H]1c1ccccc1. The average molecular weight is 382 g/mol. The summed E-state index contributed by atoms with van der Waals surface area (Å²) in [5.74, 6) is 0.279. The van der Waals surface area contributed by atoms with Crippen molar-refractivity contribution in [2.24, 2.45) is 5.92 Å². The van der Waals surface area contributed by atoms with E-state index >= 15 is 0 Å². The van der Waals surface area contributed by atoms with Crippen LogP contribution in [0.25, 0.3) is 0 Å². The Morgan fingerprint density at radius 1 is 1.26 bits per heavy atom. The number of hydrogen-bond donors (Lipinski definition) is 1. The van der Waals surface area contributed by atoms with Gasteiger partial charge in [0.05, 0.1) is 17.7 Å². The first-order valence-electron chi connectivity index (χ1n) is 9.28. The van der Waals surface area contributed by atoms with Gasteiger partial charge in [-0.05, 0) is 18.4 Å². The summed E-state index contributed by atoms with van der Waals surface area (Å²) >= 11 is 1.46. The van der Waals surface area contributed by atoms with Crippen LogP contribution in [0.3, 0.4) is 0 Å². The van der Waals surface area contributed by atoms with E-state index in [4.69, 9.17) is 4.74 Å². The number of urea groups is 1. The maximum Gasteiger partial charge on any atom is 0.323 e. The molecule has 0 saturated carbocycles. The van der Waals surface area contributed by atoms with Crippen LogP contribution in [0.1, 0.15) is 35.9 Å². The molecule has 0 aliphatic carbocycles. The van der Waals surface area contributed by atoms with Gasteiger partial charge in [-0.3, -0.25) is 5.32 Å². The number of aromatic nitrogens is 1. The molecule has 1 aromatic heterocycles. The second-order valence-corrected chi connectivity index (χ2v) is 7.91. The van der Waals surface area contributed by atoms with E-state index in [0.29, 0.717) is 24.1 Å². The third-order valence-corrected chi connectivity index (χ3v) is 6.15. The number of nitrogens with zero attached hydrogens (tertiary/aromatic N) is 3. The van der Waals surface area contributed by atoms with Crippen molar-refractivity contribution in [1.82, 2.24) is 9.88 Å². The van der Waals surface area contributed by atoms with Crippen molar-refractivity contribution in [3.63, 3.8) is 0 Å². The van der Waals surface area contributed by atoms with E-state index in [-0.39, 0.29) is 17.9 Å². The number of benzene rings is 1. The molecular formula is C20H22N4O2S. The molecule has 7 heteroatoms. The summed E-state index contributed by atoms with van der Waals surface area (Å²) in [5.41, 5.74) is 2.15. The molecule has 0 spiro atoms. The molecular weight excluding hydrogens is 360 g/mol. The third-order valence-electron chi connectivity index (χ3n) is 5.38. The van der Waals surface area contributed by atoms with E-state index in [2.05, 4.69) is 16.4 Å². The topological polar surface area (TPSA) is 78.3 Å². The van der Waals surface area contributed by atoms with Crippen LogP contribution >= 0.6 is 11.3 Å². The molecule has 1 N–H and O–H groups in total. The Morgan fingerprint density at radius 2 is 2.04 bits per heavy atom. The molecule has 140 valence electrons. The van der Waals surface area contributed by atoms with Gasteiger partial charge in [-0.1, -0.05) is 30.3 Å². The van der Waals surface area contributed by atoms with E-state index < -0.39 is 0 Å². The number of carbonyl (C=O) groups is 1. The van der Waals surface area contributed by atoms with Gasteiger partial charge in [-0.2, -0.15) is 5.26 Å². The monoisotopic (exact) mass is 382 g/mol. The van der Waals surface area contributed by atoms with Gasteiger partial charge >= 0.3 is 6.03 Å². The van der Waals surface area contributed by atoms with Crippen LogP contribution in [-0.2, 0) is 4.74 Å². The first kappa shape index (κ1) is 18.0. The quantitative estimate of drug-likeness (QED) is 0.876. The van der Waals surface area contributed by atoms with Gasteiger partial charge in [0.1, 0.15) is 0 Å². The highest BCUT2D eigenvalue weighted by molar-refractivity contribution is 7.13. The molecule has 27 heavy (non-hydrogen) atoms. The lowest BCUT2D eigenvalue weighted by atomic mass is 9.90. The molecule has 2 aliphatic rings. The van der Waals surface area contributed by atoms with Gasteiger partial charge < -0.3 is 9.64 Å². The highest BCUT2D eigenvalue weighted by Crippen LogP contribution is 2.33. The number of carbonyl (C=O) groups excluding carboxylic acids is 1. The Balaban J connectivity index is 1.40. The van der Waals surface area contributed by atoms with Crippen LogP contribution in [-0.4, -0.2) is 42.2 Å². The maximum atomic E-state index is 12.7. The van der Waals surface area contributed by atoms with Crippen molar-refractivity contribution in [1.29, 1.82) is 5.26 Å². The van der Waals surface area contributed by atoms with Crippen LogP contribution in [0.4, 0.5) is 9.93 Å². The summed E-state index contributed by atoms with van der Waals surface area (Å²) in [7, 11) is 0. The number of rotatable bonds is 3. The van der Waals surface area contributed by atoms with Gasteiger partial charge in [0, 0.05) is 43.5 Å². The Bertz CT molecular complexity index is 826. The lowest BCUT2D eigenvalue weighted by Gasteiger charge is -2.20. The van der Waals surface area contributed by atoms with E-state index in [1.54, 1.807) is 4.90 Å². The highest BCUT2D eigenvalue weighted by atomic mass is 32.1. The van der Waals surface area contributed by atoms with Crippen LogP contribution in [0.15, 0.2) is 35.7 Å². The van der Waals surface area contributed by atoms with Gasteiger partial charge in [0.2, 0.25) is 0 Å². The first-order valence-corrected chi connectivity index (χ1v) is 10.2. The van der Waals surface area contributed by atoms with E-state index in [9.17, 15) is 10.1 Å². The van der Waals surface area contributed by atoms with Crippen LogP contribution in [0.5, 0.6) is 0 Å². The number of nitrogens with one attached hydrogen (secondary N) is 1. The van der Waals surface area contributed by atoms with Crippen molar-refractivity contribution in [3.8, 4) is 6.07 Å². The zero-order valence-corrected chi connectivity index (χ0v) is 15.8. The van der Waals surface area contributed by atoms with Crippen molar-refractivity contribution < 1.29 is 9.53 Å². The van der Waals surface area contributed by atoms with Gasteiger partial charge in [-0.25, -0.2) is 9.78 Å². The molecule has 2 saturated heterocycles. The fourth-order valence-electron chi connectivity index (χ4n) is 3.83. The molecule has 0 unspecified atom stereocenters. The molecule has 3 heterocycles. The van der Waals surface area contributed by atoms with Gasteiger partial charge in [0.25, 0.3) is 0 Å². The number of likely N-dealkylation sites (tertiary alicyclic amines) is 1. The molecule has 2 aromatic rings. The minimum absolute atomic E-state index is 0.0519. The third kappa shape index (κ3) is 3.97. The summed E-state index contributed by atoms with van der Waals surface area (Å²) < 4.78 is 5.40. The van der Waals surface area contributed by atoms with Crippen molar-refractivity contribution >= 4 is 22.5 Å². The Labute approximate surface area is 162 Å². The molecule has 4 rings (SSSR count). The molecule has 0 bridgehead atoms. The largest absolute Gasteiger partial charge is 0.381 e. The lowest BCUT2D eigenvalue weighted by Crippen LogP contribution is -2.33. The van der Waals surface area contributed by atoms with Crippen LogP contribution in [0.2, 0.25) is 0 Å². The number of anilines is 1. The summed E-state index contributed by atoms with van der Waals surface area (Å²) in [5, 5.41) is 15.1. The number of thiazole rings is 1. The number of hydrogen-bond acceptors (Lipinski definition) is 5. The smallest absolute Gasteiger partial charge is 0.323 e. The summed E-state index contributed by atoms with van der Waals surface area (Å²) in [6.45, 7) is 2.54. The molecule has 2 aliphatic heterocycles. The van der Waals surface area contributed by atoms with Crippen LogP contribution < -0.4 is 5.32 Å². The number of ether oxygens (including phenoxy) is 1. The average Bonchev–Trinajstić information content (AvgIpc) is 3.36. The maximum absolute atomic E-state index is 12.7. The first-order chi connectivity index (χ1) is 13.2. The summed E-state index contributed by atoms with van der Waals surface area (Å²) in [6, 6.07) is 12.1. The fourth-order valence-corrected chi connectivity index (χ4v) is 4.62. The van der Waals surface area contributed by atoms with Crippen molar-refractivity contribution in [2.45, 2.75) is 24.7 Å². The minimum atomic E-state index is -0.188. The van der Waals surface area contributed by atoms with Gasteiger partial charge in [0.15, 0.2) is 5.13 Å². The van der Waals surface area contributed by atoms with Crippen LogP contribution in [0, 0.1) is 17.2 Å². The molecule has 1 aromatic carbocycles. The molecule has 2 fully saturated rings. The van der Waals surface area contributed by atoms with Gasteiger partial charge in [-0.15, -0.1) is 11.3 Å². The molecule has 2 amide bonds. The second-order valence-electron chi connectivity index (χ2n) is 7.05. The summed E-state index contributed by atoms with van der Waals surface area (Å²) in [6.07, 6.45) is 1.96. The standard InChI is InChI=1S/C20H22N4O2S/c21-10-16-11-24(12-17(16)14-4-2-1-3-5-14)20(25)23-19-22-18(13-27-19)15-6-8-26-9-7-15/h1-5,13,15-17H,6-9,11-12H2,(H,22,23,25)/t16-,17+/m1/s1. The van der Waals surface area contributed by atoms with E-state index in [1.165, 1.54) is 11.3 Å². The predicted molar refractivity (Wildman–Crippen MR) is 104 cm³/mol. The zero-order valence-electron chi connectivity index (χ0n) is 15.0. The fraction of sp³-hybridized carbons (Fsp3) is 0.450. The Hall–Kier alpha value is -2.43. The van der Waals surface area contributed by atoms with E-state index in [0.717, 1.165) is 37.3 Å². The van der Waals surface area contributed by atoms with Crippen molar-refractivity contribution in [2.75, 3.05) is 31.6 Å². The zero-order chi connectivity index (χ0) is 18.6. The highest BCUT2D eigenvalue weighted by Gasteiger charge is 2.36. The number of nitriles is 1. The number of amides is 2. The Kier molecular flexibility index (Phi) is 5.37. The lowest BCUT2D eigenvalue weighted by molar-refractivity contribution is 0.0846. The molecule has 6 nitrogen and oxygen atoms in total. The molecule has 2 atom stereocenters. The predicted octanol–water partition coefficient (Wildman–Crippen LogP) is 3.81. The second kappa shape index (κ2) is 8.07. The summed E-state index contributed by atoms with van der Waals surface area (Å²) in [4.78, 5) is 19.0. The van der Waals surface area contributed by atoms with Crippen molar-refractivity contribution in [3.05, 3.63) is 47.0 Å². The minimum Gasteiger partial charge on any atom is -0.381 e. The normalized spacial score (nSPS) is 23.1. The molecule has 0 radical (unpaired) electrons. The van der Waals surface area contributed by atoms with E-state index in [1.807, 2.05) is 35.7 Å².